The normalized spacial score (nSPS) is 10.2. The smallest absolute Gasteiger partial charge is 0.293 e. The van der Waals surface area contributed by atoms with Crippen LogP contribution in [-0.2, 0) is 9.59 Å². The Morgan fingerprint density at radius 3 is 2.71 bits per heavy atom. The van der Waals surface area contributed by atoms with Gasteiger partial charge >= 0.3 is 0 Å². The minimum absolute atomic E-state index is 0.130. The molecule has 0 saturated carbocycles. The number of allylic oxidation sites excluding steroid dienone is 1. The van der Waals surface area contributed by atoms with E-state index < -0.39 is 4.92 Å². The molecule has 6 heteroatoms. The zero-order valence-corrected chi connectivity index (χ0v) is 9.04. The number of hydrogen-bond acceptors (Lipinski definition) is 4. The Bertz CT molecular complexity index is 494. The van der Waals surface area contributed by atoms with Crippen LogP contribution in [0, 0.1) is 10.1 Å². The van der Waals surface area contributed by atoms with Crippen molar-refractivity contribution in [2.75, 3.05) is 5.32 Å². The molecule has 0 radical (unpaired) electrons. The standard InChI is InChI=1S/C11H10N2O4/c1-8(15)12-10-5-4-9(3-2-6-14)7-11(10)13(16)17/h2-7H,1H3,(H,12,15). The van der Waals surface area contributed by atoms with E-state index in [9.17, 15) is 19.7 Å². The second-order valence-electron chi connectivity index (χ2n) is 3.21. The van der Waals surface area contributed by atoms with E-state index in [1.165, 1.54) is 31.2 Å². The molecule has 0 aliphatic rings. The summed E-state index contributed by atoms with van der Waals surface area (Å²) in [5.41, 5.74) is 0.428. The Labute approximate surface area is 97.1 Å². The zero-order valence-electron chi connectivity index (χ0n) is 9.04. The third-order valence-electron chi connectivity index (χ3n) is 1.90. The van der Waals surface area contributed by atoms with Gasteiger partial charge in [-0.25, -0.2) is 0 Å². The lowest BCUT2D eigenvalue weighted by Gasteiger charge is -2.03. The van der Waals surface area contributed by atoms with Gasteiger partial charge in [-0.15, -0.1) is 0 Å². The molecule has 1 aromatic carbocycles. The topological polar surface area (TPSA) is 89.3 Å². The highest BCUT2D eigenvalue weighted by Gasteiger charge is 2.14. The highest BCUT2D eigenvalue weighted by Crippen LogP contribution is 2.25. The van der Waals surface area contributed by atoms with Gasteiger partial charge in [-0.1, -0.05) is 12.1 Å². The summed E-state index contributed by atoms with van der Waals surface area (Å²) in [6.07, 6.45) is 3.25. The number of rotatable bonds is 4. The molecular weight excluding hydrogens is 224 g/mol. The van der Waals surface area contributed by atoms with Crippen molar-refractivity contribution in [2.24, 2.45) is 0 Å². The highest BCUT2D eigenvalue weighted by atomic mass is 16.6. The van der Waals surface area contributed by atoms with E-state index in [1.807, 2.05) is 0 Å². The maximum atomic E-state index is 10.9. The first kappa shape index (κ1) is 12.6. The van der Waals surface area contributed by atoms with Gasteiger partial charge in [-0.05, 0) is 17.7 Å². The minimum atomic E-state index is -0.594. The first-order valence-electron chi connectivity index (χ1n) is 4.72. The van der Waals surface area contributed by atoms with Crippen molar-refractivity contribution < 1.29 is 14.5 Å². The summed E-state index contributed by atoms with van der Waals surface area (Å²) in [6.45, 7) is 1.27. The predicted octanol–water partition coefficient (Wildman–Crippen LogP) is 1.77. The number of nitrogens with one attached hydrogen (secondary N) is 1. The van der Waals surface area contributed by atoms with Crippen LogP contribution in [0.3, 0.4) is 0 Å². The number of nitro benzene ring substituents is 1. The lowest BCUT2D eigenvalue weighted by Crippen LogP contribution is -2.08. The van der Waals surface area contributed by atoms with Crippen LogP contribution in [0.25, 0.3) is 6.08 Å². The summed E-state index contributed by atoms with van der Waals surface area (Å²) in [7, 11) is 0. The number of nitro groups is 1. The fourth-order valence-corrected chi connectivity index (χ4v) is 1.25. The molecule has 6 nitrogen and oxygen atoms in total. The molecule has 0 fully saturated rings. The Morgan fingerprint density at radius 1 is 1.47 bits per heavy atom. The molecule has 0 spiro atoms. The van der Waals surface area contributed by atoms with Gasteiger partial charge in [0.05, 0.1) is 4.92 Å². The van der Waals surface area contributed by atoms with E-state index in [4.69, 9.17) is 0 Å². The van der Waals surface area contributed by atoms with Crippen molar-refractivity contribution in [1.82, 2.24) is 0 Å². The van der Waals surface area contributed by atoms with Gasteiger partial charge < -0.3 is 5.32 Å². The van der Waals surface area contributed by atoms with E-state index in [1.54, 1.807) is 6.07 Å². The molecule has 0 saturated heterocycles. The van der Waals surface area contributed by atoms with Gasteiger partial charge in [-0.2, -0.15) is 0 Å². The lowest BCUT2D eigenvalue weighted by atomic mass is 10.1. The van der Waals surface area contributed by atoms with E-state index in [0.29, 0.717) is 11.8 Å². The fourth-order valence-electron chi connectivity index (χ4n) is 1.25. The van der Waals surface area contributed by atoms with Crippen LogP contribution in [-0.4, -0.2) is 17.1 Å². The SMILES string of the molecule is CC(=O)Nc1ccc(C=CC=O)cc1[N+](=O)[O-]. The third-order valence-corrected chi connectivity index (χ3v) is 1.90. The molecule has 0 atom stereocenters. The largest absolute Gasteiger partial charge is 0.321 e. The van der Waals surface area contributed by atoms with Gasteiger partial charge in [0.1, 0.15) is 12.0 Å². The minimum Gasteiger partial charge on any atom is -0.321 e. The maximum Gasteiger partial charge on any atom is 0.293 e. The third kappa shape index (κ3) is 3.53. The number of hydrogen-bond donors (Lipinski definition) is 1. The van der Waals surface area contributed by atoms with Gasteiger partial charge in [0.15, 0.2) is 0 Å². The number of aldehydes is 1. The van der Waals surface area contributed by atoms with E-state index >= 15 is 0 Å². The number of anilines is 1. The van der Waals surface area contributed by atoms with Gasteiger partial charge in [0.25, 0.3) is 5.69 Å². The van der Waals surface area contributed by atoms with Crippen LogP contribution in [0.4, 0.5) is 11.4 Å². The molecule has 0 aliphatic carbocycles. The molecule has 1 aromatic rings. The summed E-state index contributed by atoms with van der Waals surface area (Å²) in [4.78, 5) is 31.2. The monoisotopic (exact) mass is 234 g/mol. The Morgan fingerprint density at radius 2 is 2.18 bits per heavy atom. The quantitative estimate of drug-likeness (QED) is 0.372. The van der Waals surface area contributed by atoms with Crippen molar-refractivity contribution in [3.05, 3.63) is 40.0 Å². The Balaban J connectivity index is 3.16. The molecule has 88 valence electrons. The molecular formula is C11H10N2O4. The number of amides is 1. The van der Waals surface area contributed by atoms with Crippen molar-refractivity contribution in [3.63, 3.8) is 0 Å². The van der Waals surface area contributed by atoms with Crippen LogP contribution in [0.2, 0.25) is 0 Å². The van der Waals surface area contributed by atoms with E-state index in [-0.39, 0.29) is 17.3 Å². The fraction of sp³-hybridized carbons (Fsp3) is 0.0909. The first-order valence-corrected chi connectivity index (χ1v) is 4.72. The second-order valence-corrected chi connectivity index (χ2v) is 3.21. The summed E-state index contributed by atoms with van der Waals surface area (Å²) >= 11 is 0. The molecule has 1 rings (SSSR count). The molecule has 0 aromatic heterocycles. The van der Waals surface area contributed by atoms with Gasteiger partial charge in [-0.3, -0.25) is 19.7 Å². The molecule has 0 heterocycles. The van der Waals surface area contributed by atoms with Crippen LogP contribution >= 0.6 is 0 Å². The molecule has 0 aliphatic heterocycles. The maximum absolute atomic E-state index is 10.9. The van der Waals surface area contributed by atoms with Crippen LogP contribution < -0.4 is 5.32 Å². The van der Waals surface area contributed by atoms with E-state index in [0.717, 1.165) is 0 Å². The highest BCUT2D eigenvalue weighted by molar-refractivity contribution is 5.91. The Hall–Kier alpha value is -2.50. The zero-order chi connectivity index (χ0) is 12.8. The number of nitrogens with zero attached hydrogens (tertiary/aromatic N) is 1. The average Bonchev–Trinajstić information content (AvgIpc) is 2.26. The van der Waals surface area contributed by atoms with E-state index in [2.05, 4.69) is 5.32 Å². The first-order chi connectivity index (χ1) is 8.04. The summed E-state index contributed by atoms with van der Waals surface area (Å²) < 4.78 is 0. The molecule has 1 N–H and O–H groups in total. The average molecular weight is 234 g/mol. The predicted molar refractivity (Wildman–Crippen MR) is 62.5 cm³/mol. The summed E-state index contributed by atoms with van der Waals surface area (Å²) in [6, 6.07) is 4.27. The van der Waals surface area contributed by atoms with Crippen molar-refractivity contribution in [2.45, 2.75) is 6.92 Å². The van der Waals surface area contributed by atoms with Crippen molar-refractivity contribution in [3.8, 4) is 0 Å². The molecule has 0 unspecified atom stereocenters. The number of benzene rings is 1. The van der Waals surface area contributed by atoms with Gasteiger partial charge in [0, 0.05) is 13.0 Å². The second kappa shape index (κ2) is 5.55. The molecule has 1 amide bonds. The van der Waals surface area contributed by atoms with Gasteiger partial charge in [0.2, 0.25) is 5.91 Å². The summed E-state index contributed by atoms with van der Waals surface area (Å²) in [5, 5.41) is 13.2. The summed E-state index contributed by atoms with van der Waals surface area (Å²) in [5.74, 6) is -0.385. The Kier molecular flexibility index (Phi) is 4.10. The van der Waals surface area contributed by atoms with Crippen molar-refractivity contribution >= 4 is 29.6 Å². The van der Waals surface area contributed by atoms with Crippen LogP contribution in [0.15, 0.2) is 24.3 Å². The molecule has 0 bridgehead atoms. The number of carbonyl (C=O) groups excluding carboxylic acids is 2. The molecule has 17 heavy (non-hydrogen) atoms. The van der Waals surface area contributed by atoms with Crippen LogP contribution in [0.1, 0.15) is 12.5 Å². The lowest BCUT2D eigenvalue weighted by molar-refractivity contribution is -0.383. The number of carbonyl (C=O) groups is 2. The van der Waals surface area contributed by atoms with Crippen LogP contribution in [0.5, 0.6) is 0 Å². The van der Waals surface area contributed by atoms with Crippen molar-refractivity contribution in [1.29, 1.82) is 0 Å².